The lowest BCUT2D eigenvalue weighted by atomic mass is 10.1. The Balaban J connectivity index is 1.90. The van der Waals surface area contributed by atoms with E-state index in [-0.39, 0.29) is 11.6 Å². The first kappa shape index (κ1) is 11.8. The van der Waals surface area contributed by atoms with E-state index in [1.165, 1.54) is 13.0 Å². The molecule has 5 nitrogen and oxygen atoms in total. The van der Waals surface area contributed by atoms with Crippen LogP contribution < -0.4 is 4.90 Å². The molecule has 0 aliphatic carbocycles. The smallest absolute Gasteiger partial charge is 0.159 e. The number of carbonyl (C=O) groups is 1. The minimum Gasteiger partial charge on any atom is -0.360 e. The molecule has 98 valence electrons. The lowest BCUT2D eigenvalue weighted by Gasteiger charge is -2.29. The van der Waals surface area contributed by atoms with Crippen molar-refractivity contribution in [2.45, 2.75) is 20.0 Å². The van der Waals surface area contributed by atoms with Gasteiger partial charge in [0.25, 0.3) is 0 Å². The minimum atomic E-state index is -0.374. The Morgan fingerprint density at radius 3 is 2.95 bits per heavy atom. The molecule has 1 aromatic heterocycles. The summed E-state index contributed by atoms with van der Waals surface area (Å²) in [6, 6.07) is 4.59. The normalized spacial score (nSPS) is 14.3. The third-order valence-electron chi connectivity index (χ3n) is 3.33. The van der Waals surface area contributed by atoms with Gasteiger partial charge in [-0.3, -0.25) is 4.79 Å². The quantitative estimate of drug-likeness (QED) is 0.770. The first-order valence-electron chi connectivity index (χ1n) is 6.07. The van der Waals surface area contributed by atoms with Crippen LogP contribution >= 0.6 is 0 Å². The summed E-state index contributed by atoms with van der Waals surface area (Å²) in [6.07, 6.45) is 1.68. The van der Waals surface area contributed by atoms with Crippen molar-refractivity contribution < 1.29 is 9.18 Å². The van der Waals surface area contributed by atoms with E-state index in [1.54, 1.807) is 18.5 Å². The van der Waals surface area contributed by atoms with Gasteiger partial charge >= 0.3 is 0 Å². The third kappa shape index (κ3) is 2.09. The Hall–Kier alpha value is -2.24. The van der Waals surface area contributed by atoms with Gasteiger partial charge in [0.05, 0.1) is 12.2 Å². The van der Waals surface area contributed by atoms with Crippen molar-refractivity contribution >= 4 is 11.5 Å². The van der Waals surface area contributed by atoms with Crippen molar-refractivity contribution in [1.29, 1.82) is 0 Å². The number of anilines is 1. The van der Waals surface area contributed by atoms with Crippen LogP contribution in [-0.4, -0.2) is 27.1 Å². The number of fused-ring (bicyclic) bond motifs is 1. The van der Waals surface area contributed by atoms with Crippen molar-refractivity contribution in [3.05, 3.63) is 41.7 Å². The zero-order chi connectivity index (χ0) is 13.4. The summed E-state index contributed by atoms with van der Waals surface area (Å²) in [5.74, 6) is 0.311. The van der Waals surface area contributed by atoms with E-state index in [9.17, 15) is 9.18 Å². The second-order valence-corrected chi connectivity index (χ2v) is 4.58. The molecule has 0 saturated heterocycles. The number of benzene rings is 1. The second kappa shape index (κ2) is 4.46. The SMILES string of the molecule is CC(=O)c1ccc(N2CCn3cnnc3C2)c(F)c1. The molecule has 0 spiro atoms. The van der Waals surface area contributed by atoms with E-state index < -0.39 is 0 Å². The van der Waals surface area contributed by atoms with Gasteiger partial charge in [0.1, 0.15) is 12.1 Å². The highest BCUT2D eigenvalue weighted by Crippen LogP contribution is 2.24. The lowest BCUT2D eigenvalue weighted by molar-refractivity contribution is 0.101. The summed E-state index contributed by atoms with van der Waals surface area (Å²) in [5, 5.41) is 7.84. The molecule has 1 aliphatic heterocycles. The van der Waals surface area contributed by atoms with Gasteiger partial charge in [-0.2, -0.15) is 0 Å². The number of ketones is 1. The van der Waals surface area contributed by atoms with Gasteiger partial charge in [-0.1, -0.05) is 0 Å². The Kier molecular flexibility index (Phi) is 2.77. The molecule has 6 heteroatoms. The number of rotatable bonds is 2. The summed E-state index contributed by atoms with van der Waals surface area (Å²) in [6.45, 7) is 3.38. The van der Waals surface area contributed by atoms with Crippen molar-refractivity contribution in [3.8, 4) is 0 Å². The third-order valence-corrected chi connectivity index (χ3v) is 3.33. The van der Waals surface area contributed by atoms with Crippen molar-refractivity contribution in [2.24, 2.45) is 0 Å². The molecule has 0 saturated carbocycles. The van der Waals surface area contributed by atoms with E-state index in [1.807, 2.05) is 9.47 Å². The summed E-state index contributed by atoms with van der Waals surface area (Å²) in [5.41, 5.74) is 0.890. The maximum absolute atomic E-state index is 14.1. The van der Waals surface area contributed by atoms with Crippen LogP contribution in [0.25, 0.3) is 0 Å². The molecule has 2 heterocycles. The van der Waals surface area contributed by atoms with E-state index in [0.29, 0.717) is 24.3 Å². The Labute approximate surface area is 109 Å². The van der Waals surface area contributed by atoms with Gasteiger partial charge in [0.2, 0.25) is 0 Å². The molecule has 0 radical (unpaired) electrons. The highest BCUT2D eigenvalue weighted by atomic mass is 19.1. The Morgan fingerprint density at radius 1 is 1.37 bits per heavy atom. The van der Waals surface area contributed by atoms with E-state index >= 15 is 0 Å². The van der Waals surface area contributed by atoms with Gasteiger partial charge in [-0.05, 0) is 25.1 Å². The zero-order valence-electron chi connectivity index (χ0n) is 10.5. The Bertz CT molecular complexity index is 637. The second-order valence-electron chi connectivity index (χ2n) is 4.58. The number of Topliss-reactive ketones (excluding diaryl/α,β-unsaturated/α-hetero) is 1. The van der Waals surface area contributed by atoms with Crippen LogP contribution in [0, 0.1) is 5.82 Å². The van der Waals surface area contributed by atoms with Crippen molar-refractivity contribution in [1.82, 2.24) is 14.8 Å². The van der Waals surface area contributed by atoms with E-state index in [2.05, 4.69) is 10.2 Å². The van der Waals surface area contributed by atoms with Crippen LogP contribution in [0.3, 0.4) is 0 Å². The number of halogens is 1. The fourth-order valence-electron chi connectivity index (χ4n) is 2.25. The van der Waals surface area contributed by atoms with Gasteiger partial charge in [0, 0.05) is 18.7 Å². The molecule has 0 unspecified atom stereocenters. The number of hydrogen-bond donors (Lipinski definition) is 0. The minimum absolute atomic E-state index is 0.135. The predicted molar refractivity (Wildman–Crippen MR) is 67.5 cm³/mol. The van der Waals surface area contributed by atoms with Crippen LogP contribution in [-0.2, 0) is 13.1 Å². The first-order chi connectivity index (χ1) is 9.15. The molecular weight excluding hydrogens is 247 g/mol. The highest BCUT2D eigenvalue weighted by Gasteiger charge is 2.20. The fourth-order valence-corrected chi connectivity index (χ4v) is 2.25. The maximum atomic E-state index is 14.1. The van der Waals surface area contributed by atoms with E-state index in [4.69, 9.17) is 0 Å². The Morgan fingerprint density at radius 2 is 2.21 bits per heavy atom. The monoisotopic (exact) mass is 260 g/mol. The summed E-state index contributed by atoms with van der Waals surface area (Å²) >= 11 is 0. The molecule has 2 aromatic rings. The van der Waals surface area contributed by atoms with Crippen LogP contribution in [0.15, 0.2) is 24.5 Å². The van der Waals surface area contributed by atoms with Crippen molar-refractivity contribution in [2.75, 3.05) is 11.4 Å². The fraction of sp³-hybridized carbons (Fsp3) is 0.308. The number of nitrogens with zero attached hydrogens (tertiary/aromatic N) is 4. The molecule has 0 amide bonds. The van der Waals surface area contributed by atoms with Crippen LogP contribution in [0.4, 0.5) is 10.1 Å². The molecule has 19 heavy (non-hydrogen) atoms. The van der Waals surface area contributed by atoms with Gasteiger partial charge in [0.15, 0.2) is 11.6 Å². The van der Waals surface area contributed by atoms with Crippen LogP contribution in [0.1, 0.15) is 23.1 Å². The molecule has 1 aromatic carbocycles. The number of hydrogen-bond acceptors (Lipinski definition) is 4. The molecule has 1 aliphatic rings. The van der Waals surface area contributed by atoms with Crippen molar-refractivity contribution in [3.63, 3.8) is 0 Å². The van der Waals surface area contributed by atoms with Crippen LogP contribution in [0.2, 0.25) is 0 Å². The number of aromatic nitrogens is 3. The molecule has 0 atom stereocenters. The summed E-state index contributed by atoms with van der Waals surface area (Å²) in [7, 11) is 0. The van der Waals surface area contributed by atoms with Gasteiger partial charge in [-0.15, -0.1) is 10.2 Å². The number of carbonyl (C=O) groups excluding carboxylic acids is 1. The molecule has 0 bridgehead atoms. The first-order valence-corrected chi connectivity index (χ1v) is 6.07. The molecule has 0 N–H and O–H groups in total. The zero-order valence-corrected chi connectivity index (χ0v) is 10.5. The van der Waals surface area contributed by atoms with Crippen LogP contribution in [0.5, 0.6) is 0 Å². The highest BCUT2D eigenvalue weighted by molar-refractivity contribution is 5.94. The van der Waals surface area contributed by atoms with Gasteiger partial charge < -0.3 is 9.47 Å². The molecular formula is C13H13FN4O. The molecule has 3 rings (SSSR count). The predicted octanol–water partition coefficient (Wildman–Crippen LogP) is 1.64. The van der Waals surface area contributed by atoms with Gasteiger partial charge in [-0.25, -0.2) is 4.39 Å². The standard InChI is InChI=1S/C13H13FN4O/c1-9(19)10-2-3-12(11(14)6-10)17-4-5-18-8-15-16-13(18)7-17/h2-3,6,8H,4-5,7H2,1H3. The molecule has 0 fully saturated rings. The summed E-state index contributed by atoms with van der Waals surface area (Å²) < 4.78 is 16.0. The van der Waals surface area contributed by atoms with E-state index in [0.717, 1.165) is 12.4 Å². The lowest BCUT2D eigenvalue weighted by Crippen LogP contribution is -2.34. The average molecular weight is 260 g/mol. The average Bonchev–Trinajstić information content (AvgIpc) is 2.85. The topological polar surface area (TPSA) is 51.0 Å². The largest absolute Gasteiger partial charge is 0.360 e. The summed E-state index contributed by atoms with van der Waals surface area (Å²) in [4.78, 5) is 13.1. The maximum Gasteiger partial charge on any atom is 0.159 e.